The maximum atomic E-state index is 9.62. The first-order valence-electron chi connectivity index (χ1n) is 11.5. The van der Waals surface area contributed by atoms with Gasteiger partial charge < -0.3 is 30.1 Å². The molecular formula is C23H39IN4O3. The Morgan fingerprint density at radius 3 is 2.74 bits per heavy atom. The van der Waals surface area contributed by atoms with Gasteiger partial charge in [-0.2, -0.15) is 0 Å². The molecule has 176 valence electrons. The maximum Gasteiger partial charge on any atom is 0.191 e. The zero-order chi connectivity index (χ0) is 21.3. The quantitative estimate of drug-likeness (QED) is 0.192. The number of piperidine rings is 1. The highest BCUT2D eigenvalue weighted by Crippen LogP contribution is 2.35. The molecule has 1 aromatic rings. The predicted octanol–water partition coefficient (Wildman–Crippen LogP) is 2.93. The third-order valence-electron chi connectivity index (χ3n) is 5.63. The van der Waals surface area contributed by atoms with Crippen LogP contribution >= 0.6 is 24.0 Å². The van der Waals surface area contributed by atoms with E-state index in [-0.39, 0.29) is 36.2 Å². The van der Waals surface area contributed by atoms with Gasteiger partial charge in [-0.05, 0) is 58.7 Å². The summed E-state index contributed by atoms with van der Waals surface area (Å²) in [7, 11) is 0. The molecule has 1 fully saturated rings. The Labute approximate surface area is 204 Å². The highest BCUT2D eigenvalue weighted by Gasteiger charge is 2.22. The Balaban J connectivity index is 0.00000341. The van der Waals surface area contributed by atoms with Crippen molar-refractivity contribution < 1.29 is 14.6 Å². The number of halogens is 1. The molecule has 1 aromatic carbocycles. The highest BCUT2D eigenvalue weighted by atomic mass is 127. The molecule has 0 saturated carbocycles. The third-order valence-corrected chi connectivity index (χ3v) is 5.63. The van der Waals surface area contributed by atoms with Gasteiger partial charge in [0.15, 0.2) is 5.96 Å². The van der Waals surface area contributed by atoms with Crippen molar-refractivity contribution in [3.8, 4) is 11.5 Å². The normalized spacial score (nSPS) is 19.4. The van der Waals surface area contributed by atoms with Gasteiger partial charge in [-0.3, -0.25) is 0 Å². The Bertz CT molecular complexity index is 708. The number of aliphatic hydroxyl groups is 1. The molecule has 3 N–H and O–H groups in total. The Hall–Kier alpha value is -1.26. The molecule has 7 nitrogen and oxygen atoms in total. The van der Waals surface area contributed by atoms with Crippen LogP contribution in [0.2, 0.25) is 0 Å². The van der Waals surface area contributed by atoms with E-state index in [9.17, 15) is 5.11 Å². The summed E-state index contributed by atoms with van der Waals surface area (Å²) in [6, 6.07) is 4.20. The molecule has 0 spiro atoms. The van der Waals surface area contributed by atoms with Gasteiger partial charge >= 0.3 is 0 Å². The minimum absolute atomic E-state index is 0. The Morgan fingerprint density at radius 2 is 2.03 bits per heavy atom. The molecule has 1 saturated heterocycles. The minimum Gasteiger partial charge on any atom is -0.494 e. The van der Waals surface area contributed by atoms with Crippen molar-refractivity contribution >= 4 is 29.9 Å². The van der Waals surface area contributed by atoms with Gasteiger partial charge in [-0.25, -0.2) is 4.99 Å². The molecule has 2 aliphatic rings. The Kier molecular flexibility index (Phi) is 11.2. The first-order chi connectivity index (χ1) is 14.6. The summed E-state index contributed by atoms with van der Waals surface area (Å²) >= 11 is 0. The van der Waals surface area contributed by atoms with Gasteiger partial charge in [0.2, 0.25) is 0 Å². The number of likely N-dealkylation sites (tertiary alicyclic amines) is 1. The number of aliphatic hydroxyl groups excluding tert-OH is 1. The lowest BCUT2D eigenvalue weighted by molar-refractivity contribution is 0.0823. The van der Waals surface area contributed by atoms with Crippen molar-refractivity contribution in [3.05, 3.63) is 23.3 Å². The van der Waals surface area contributed by atoms with Crippen LogP contribution in [-0.4, -0.2) is 67.5 Å². The van der Waals surface area contributed by atoms with Crippen molar-refractivity contribution in [2.45, 2.75) is 65.2 Å². The standard InChI is InChI=1S/C23H38N4O3.HI/c1-4-24-23(25-9-6-10-27-11-7-20(28)8-12-27)26-16-19-15-22-18(13-17(3)30-22)14-21(19)29-5-2;/h14-15,17,20,28H,4-13,16H2,1-3H3,(H2,24,25,26);1H. The lowest BCUT2D eigenvalue weighted by atomic mass is 10.1. The smallest absolute Gasteiger partial charge is 0.191 e. The van der Waals surface area contributed by atoms with Crippen LogP contribution in [0.15, 0.2) is 17.1 Å². The summed E-state index contributed by atoms with van der Waals surface area (Å²) in [4.78, 5) is 7.21. The second kappa shape index (κ2) is 13.3. The molecule has 1 atom stereocenters. The molecule has 0 amide bonds. The summed E-state index contributed by atoms with van der Waals surface area (Å²) in [6.45, 7) is 12.1. The van der Waals surface area contributed by atoms with Gasteiger partial charge in [0.25, 0.3) is 0 Å². The molecule has 1 unspecified atom stereocenters. The van der Waals surface area contributed by atoms with E-state index in [2.05, 4.69) is 41.5 Å². The molecule has 0 aromatic heterocycles. The molecule has 0 aliphatic carbocycles. The van der Waals surface area contributed by atoms with Crippen molar-refractivity contribution in [2.24, 2.45) is 4.99 Å². The molecule has 0 bridgehead atoms. The van der Waals surface area contributed by atoms with Crippen LogP contribution in [0.25, 0.3) is 0 Å². The largest absolute Gasteiger partial charge is 0.494 e. The van der Waals surface area contributed by atoms with E-state index in [0.29, 0.717) is 13.2 Å². The van der Waals surface area contributed by atoms with Crippen molar-refractivity contribution in [3.63, 3.8) is 0 Å². The SMILES string of the molecule is CCNC(=NCc1cc2c(cc1OCC)CC(C)O2)NCCCN1CCC(O)CC1.I. The number of hydrogen-bond acceptors (Lipinski definition) is 5. The molecule has 3 rings (SSSR count). The molecular weight excluding hydrogens is 507 g/mol. The number of guanidine groups is 1. The van der Waals surface area contributed by atoms with Crippen LogP contribution in [0, 0.1) is 0 Å². The summed E-state index contributed by atoms with van der Waals surface area (Å²) in [6.07, 6.45) is 3.87. The molecule has 0 radical (unpaired) electrons. The van der Waals surface area contributed by atoms with Crippen LogP contribution in [-0.2, 0) is 13.0 Å². The summed E-state index contributed by atoms with van der Waals surface area (Å²) in [5.41, 5.74) is 2.27. The van der Waals surface area contributed by atoms with Crippen molar-refractivity contribution in [2.75, 3.05) is 39.3 Å². The summed E-state index contributed by atoms with van der Waals surface area (Å²) in [5, 5.41) is 16.4. The zero-order valence-electron chi connectivity index (χ0n) is 19.2. The van der Waals surface area contributed by atoms with E-state index >= 15 is 0 Å². The van der Waals surface area contributed by atoms with Crippen LogP contribution < -0.4 is 20.1 Å². The second-order valence-electron chi connectivity index (χ2n) is 8.18. The minimum atomic E-state index is -0.110. The van der Waals surface area contributed by atoms with E-state index in [1.807, 2.05) is 6.92 Å². The fraction of sp³-hybridized carbons (Fsp3) is 0.696. The first kappa shape index (κ1) is 26.0. The van der Waals surface area contributed by atoms with Gasteiger partial charge in [-0.15, -0.1) is 24.0 Å². The van der Waals surface area contributed by atoms with E-state index in [1.165, 1.54) is 5.56 Å². The van der Waals surface area contributed by atoms with Crippen LogP contribution in [0.3, 0.4) is 0 Å². The van der Waals surface area contributed by atoms with Crippen LogP contribution in [0.1, 0.15) is 51.2 Å². The highest BCUT2D eigenvalue weighted by molar-refractivity contribution is 14.0. The number of aliphatic imine (C=N–C) groups is 1. The monoisotopic (exact) mass is 546 g/mol. The van der Waals surface area contributed by atoms with Gasteiger partial charge in [-0.1, -0.05) is 0 Å². The van der Waals surface area contributed by atoms with E-state index < -0.39 is 0 Å². The van der Waals surface area contributed by atoms with E-state index in [0.717, 1.165) is 81.4 Å². The molecule has 2 aliphatic heterocycles. The van der Waals surface area contributed by atoms with Crippen molar-refractivity contribution in [1.82, 2.24) is 15.5 Å². The summed E-state index contributed by atoms with van der Waals surface area (Å²) in [5.74, 6) is 2.69. The molecule has 31 heavy (non-hydrogen) atoms. The average Bonchev–Trinajstić information content (AvgIpc) is 3.09. The van der Waals surface area contributed by atoms with Gasteiger partial charge in [0.1, 0.15) is 17.6 Å². The topological polar surface area (TPSA) is 78.4 Å². The number of benzene rings is 1. The molecule has 2 heterocycles. The number of nitrogens with one attached hydrogen (secondary N) is 2. The second-order valence-corrected chi connectivity index (χ2v) is 8.18. The lowest BCUT2D eigenvalue weighted by Gasteiger charge is -2.29. The molecule has 8 heteroatoms. The zero-order valence-corrected chi connectivity index (χ0v) is 21.5. The number of hydrogen-bond donors (Lipinski definition) is 3. The van der Waals surface area contributed by atoms with Crippen molar-refractivity contribution in [1.29, 1.82) is 0 Å². The van der Waals surface area contributed by atoms with Crippen LogP contribution in [0.4, 0.5) is 0 Å². The van der Waals surface area contributed by atoms with E-state index in [1.54, 1.807) is 0 Å². The number of nitrogens with zero attached hydrogens (tertiary/aromatic N) is 2. The third kappa shape index (κ3) is 7.98. The van der Waals surface area contributed by atoms with Crippen LogP contribution in [0.5, 0.6) is 11.5 Å². The average molecular weight is 546 g/mol. The fourth-order valence-corrected chi connectivity index (χ4v) is 4.05. The van der Waals surface area contributed by atoms with Gasteiger partial charge in [0.05, 0.1) is 19.3 Å². The Morgan fingerprint density at radius 1 is 1.26 bits per heavy atom. The van der Waals surface area contributed by atoms with Gasteiger partial charge in [0, 0.05) is 43.7 Å². The maximum absolute atomic E-state index is 9.62. The van der Waals surface area contributed by atoms with E-state index in [4.69, 9.17) is 14.5 Å². The number of rotatable bonds is 9. The lowest BCUT2D eigenvalue weighted by Crippen LogP contribution is -2.40. The number of ether oxygens (including phenoxy) is 2. The summed E-state index contributed by atoms with van der Waals surface area (Å²) < 4.78 is 11.8. The number of fused-ring (bicyclic) bond motifs is 1. The first-order valence-corrected chi connectivity index (χ1v) is 11.5. The predicted molar refractivity (Wildman–Crippen MR) is 136 cm³/mol. The fourth-order valence-electron chi connectivity index (χ4n) is 4.05.